The zero-order chi connectivity index (χ0) is 24.1. The van der Waals surface area contributed by atoms with Crippen LogP contribution in [0.5, 0.6) is 11.5 Å². The fraction of sp³-hybridized carbons (Fsp3) is 0.167. The highest BCUT2D eigenvalue weighted by Gasteiger charge is 2.27. The van der Waals surface area contributed by atoms with E-state index in [4.69, 9.17) is 15.2 Å². The molecule has 1 unspecified atom stereocenters. The van der Waals surface area contributed by atoms with Crippen LogP contribution in [-0.2, 0) is 0 Å². The molecule has 176 valence electrons. The van der Waals surface area contributed by atoms with Crippen LogP contribution in [0.25, 0.3) is 27.6 Å². The molecule has 5 aromatic rings. The lowest BCUT2D eigenvalue weighted by Crippen LogP contribution is -2.42. The van der Waals surface area contributed by atoms with Crippen molar-refractivity contribution in [2.75, 3.05) is 17.7 Å². The highest BCUT2D eigenvalue weighted by atomic mass is 19.1. The number of H-pyrrole nitrogens is 1. The number of pyridine rings is 1. The van der Waals surface area contributed by atoms with Crippen molar-refractivity contribution < 1.29 is 13.9 Å². The lowest BCUT2D eigenvalue weighted by Gasteiger charge is -2.31. The molecule has 10 nitrogen and oxygen atoms in total. The number of anilines is 2. The van der Waals surface area contributed by atoms with E-state index >= 15 is 0 Å². The number of fused-ring (bicyclic) bond motifs is 4. The van der Waals surface area contributed by atoms with Gasteiger partial charge in [-0.3, -0.25) is 14.5 Å². The van der Waals surface area contributed by atoms with E-state index < -0.39 is 11.4 Å². The van der Waals surface area contributed by atoms with Gasteiger partial charge in [0, 0.05) is 18.0 Å². The molecule has 11 heteroatoms. The highest BCUT2D eigenvalue weighted by Crippen LogP contribution is 2.34. The van der Waals surface area contributed by atoms with Crippen LogP contribution in [0.1, 0.15) is 6.92 Å². The molecule has 0 radical (unpaired) electrons. The van der Waals surface area contributed by atoms with Crippen LogP contribution in [0.15, 0.2) is 59.7 Å². The normalized spacial score (nSPS) is 15.9. The maximum atomic E-state index is 14.7. The molecule has 3 aromatic heterocycles. The fourth-order valence-corrected chi connectivity index (χ4v) is 4.16. The molecular weight excluding hydrogens is 453 g/mol. The van der Waals surface area contributed by atoms with Crippen molar-refractivity contribution in [3.8, 4) is 17.2 Å². The number of nitrogen functional groups attached to an aromatic ring is 1. The second-order valence-corrected chi connectivity index (χ2v) is 8.29. The first kappa shape index (κ1) is 20.9. The van der Waals surface area contributed by atoms with Gasteiger partial charge in [0.05, 0.1) is 34.2 Å². The molecule has 2 atom stereocenters. The summed E-state index contributed by atoms with van der Waals surface area (Å²) < 4.78 is 27.8. The molecule has 2 aromatic carbocycles. The van der Waals surface area contributed by atoms with Gasteiger partial charge >= 0.3 is 0 Å². The van der Waals surface area contributed by atoms with Crippen molar-refractivity contribution in [2.24, 2.45) is 0 Å². The third-order valence-corrected chi connectivity index (χ3v) is 5.98. The molecule has 0 amide bonds. The predicted octanol–water partition coefficient (Wildman–Crippen LogP) is 3.02. The number of rotatable bonds is 4. The van der Waals surface area contributed by atoms with E-state index in [-0.39, 0.29) is 29.4 Å². The van der Waals surface area contributed by atoms with Crippen LogP contribution >= 0.6 is 0 Å². The number of aromatic nitrogens is 5. The number of aromatic amines is 1. The van der Waals surface area contributed by atoms with E-state index in [1.165, 1.54) is 22.9 Å². The molecule has 1 aliphatic rings. The number of nitrogens with one attached hydrogen (secondary N) is 2. The van der Waals surface area contributed by atoms with E-state index in [0.29, 0.717) is 40.1 Å². The number of nitrogens with two attached hydrogens (primary N) is 1. The minimum absolute atomic E-state index is 0.0863. The Hall–Kier alpha value is -4.67. The van der Waals surface area contributed by atoms with Crippen LogP contribution in [0.2, 0.25) is 0 Å². The number of hydrogen-bond acceptors (Lipinski definition) is 8. The minimum atomic E-state index is -0.549. The van der Waals surface area contributed by atoms with Gasteiger partial charge in [-0.05, 0) is 31.2 Å². The zero-order valence-electron chi connectivity index (χ0n) is 18.5. The molecule has 1 aliphatic heterocycles. The first-order chi connectivity index (χ1) is 17.0. The monoisotopic (exact) mass is 473 g/mol. The maximum Gasteiger partial charge on any atom is 0.267 e. The Morgan fingerprint density at radius 2 is 2.06 bits per heavy atom. The summed E-state index contributed by atoms with van der Waals surface area (Å²) in [5.41, 5.74) is 6.77. The van der Waals surface area contributed by atoms with Gasteiger partial charge in [0.15, 0.2) is 23.3 Å². The standard InChI is InChI=1S/C24H20FN7O3/c1-12(20-11-34-19-8-13(26)6-7-18(19)35-20)29-24-27-9-14-21-15(10-28-31-21)23(33)32(22(14)30-24)17-5-3-2-4-16(17)25/h2-10,12,20H,11,26H2,1H3,(H,28,31)(H,27,29,30)/t12?,20-/m1/s1. The largest absolute Gasteiger partial charge is 0.486 e. The van der Waals surface area contributed by atoms with Gasteiger partial charge in [-0.1, -0.05) is 12.1 Å². The van der Waals surface area contributed by atoms with E-state index in [0.717, 1.165) is 0 Å². The summed E-state index contributed by atoms with van der Waals surface area (Å²) >= 11 is 0. The van der Waals surface area contributed by atoms with E-state index in [1.807, 2.05) is 6.92 Å². The molecule has 35 heavy (non-hydrogen) atoms. The van der Waals surface area contributed by atoms with Crippen molar-refractivity contribution >= 4 is 33.6 Å². The molecule has 0 saturated carbocycles. The average Bonchev–Trinajstić information content (AvgIpc) is 3.35. The number of benzene rings is 2. The van der Waals surface area contributed by atoms with Gasteiger partial charge in [-0.15, -0.1) is 0 Å². The Kier molecular flexibility index (Phi) is 4.76. The zero-order valence-corrected chi connectivity index (χ0v) is 18.5. The van der Waals surface area contributed by atoms with E-state index in [2.05, 4.69) is 25.5 Å². The SMILES string of the molecule is CC(Nc1ncc2c3[nH]ncc3c(=O)n(-c3ccccc3F)c2n1)[C@H]1COc2cc(N)ccc2O1. The Labute approximate surface area is 197 Å². The highest BCUT2D eigenvalue weighted by molar-refractivity contribution is 6.02. The van der Waals surface area contributed by atoms with Crippen molar-refractivity contribution in [3.05, 3.63) is 71.0 Å². The lowest BCUT2D eigenvalue weighted by molar-refractivity contribution is 0.0808. The average molecular weight is 473 g/mol. The van der Waals surface area contributed by atoms with Crippen molar-refractivity contribution in [2.45, 2.75) is 19.1 Å². The summed E-state index contributed by atoms with van der Waals surface area (Å²) in [6, 6.07) is 11.0. The summed E-state index contributed by atoms with van der Waals surface area (Å²) in [6.45, 7) is 2.21. The number of nitrogens with zero attached hydrogens (tertiary/aromatic N) is 4. The number of para-hydroxylation sites is 1. The third-order valence-electron chi connectivity index (χ3n) is 5.98. The summed E-state index contributed by atoms with van der Waals surface area (Å²) in [5, 5.41) is 10.9. The quantitative estimate of drug-likeness (QED) is 0.339. The maximum absolute atomic E-state index is 14.7. The molecule has 4 N–H and O–H groups in total. The summed E-state index contributed by atoms with van der Waals surface area (Å²) in [4.78, 5) is 22.3. The van der Waals surface area contributed by atoms with Gasteiger partial charge in [0.2, 0.25) is 5.95 Å². The van der Waals surface area contributed by atoms with Crippen LogP contribution in [0.4, 0.5) is 16.0 Å². The lowest BCUT2D eigenvalue weighted by atomic mass is 10.1. The molecule has 4 heterocycles. The summed E-state index contributed by atoms with van der Waals surface area (Å²) in [6.07, 6.45) is 2.65. The topological polar surface area (TPSA) is 133 Å². The summed E-state index contributed by atoms with van der Waals surface area (Å²) in [7, 11) is 0. The minimum Gasteiger partial charge on any atom is -0.486 e. The third kappa shape index (κ3) is 3.48. The summed E-state index contributed by atoms with van der Waals surface area (Å²) in [5.74, 6) is 0.888. The van der Waals surface area contributed by atoms with Gasteiger partial charge in [-0.2, -0.15) is 10.1 Å². The molecule has 0 spiro atoms. The molecule has 0 saturated heterocycles. The van der Waals surface area contributed by atoms with Crippen LogP contribution in [-0.4, -0.2) is 43.5 Å². The van der Waals surface area contributed by atoms with Crippen LogP contribution < -0.4 is 26.1 Å². The van der Waals surface area contributed by atoms with Crippen LogP contribution in [0.3, 0.4) is 0 Å². The van der Waals surface area contributed by atoms with Crippen molar-refractivity contribution in [1.82, 2.24) is 24.7 Å². The Morgan fingerprint density at radius 1 is 1.20 bits per heavy atom. The molecule has 0 fully saturated rings. The smallest absolute Gasteiger partial charge is 0.267 e. The van der Waals surface area contributed by atoms with Crippen LogP contribution in [0, 0.1) is 5.82 Å². The number of ether oxygens (including phenoxy) is 2. The number of hydrogen-bond donors (Lipinski definition) is 3. The second kappa shape index (κ2) is 7.97. The Balaban J connectivity index is 1.40. The molecule has 0 aliphatic carbocycles. The first-order valence-corrected chi connectivity index (χ1v) is 10.9. The first-order valence-electron chi connectivity index (χ1n) is 10.9. The molecule has 0 bridgehead atoms. The Morgan fingerprint density at radius 3 is 2.91 bits per heavy atom. The molecule has 6 rings (SSSR count). The van der Waals surface area contributed by atoms with Gasteiger partial charge in [0.25, 0.3) is 5.56 Å². The van der Waals surface area contributed by atoms with Gasteiger partial charge < -0.3 is 20.5 Å². The van der Waals surface area contributed by atoms with Crippen molar-refractivity contribution in [1.29, 1.82) is 0 Å². The van der Waals surface area contributed by atoms with E-state index in [9.17, 15) is 9.18 Å². The predicted molar refractivity (Wildman–Crippen MR) is 129 cm³/mol. The van der Waals surface area contributed by atoms with Gasteiger partial charge in [-0.25, -0.2) is 9.37 Å². The van der Waals surface area contributed by atoms with E-state index in [1.54, 1.807) is 36.5 Å². The van der Waals surface area contributed by atoms with Crippen molar-refractivity contribution in [3.63, 3.8) is 0 Å². The molecular formula is C24H20FN7O3. The number of halogens is 1. The fourth-order valence-electron chi connectivity index (χ4n) is 4.16. The second-order valence-electron chi connectivity index (χ2n) is 8.29. The Bertz CT molecular complexity index is 1650. The van der Waals surface area contributed by atoms with Gasteiger partial charge in [0.1, 0.15) is 12.4 Å².